The van der Waals surface area contributed by atoms with Crippen LogP contribution in [0.4, 0.5) is 0 Å². The first-order valence-corrected chi connectivity index (χ1v) is 3.72. The van der Waals surface area contributed by atoms with Crippen LogP contribution < -0.4 is 0 Å². The van der Waals surface area contributed by atoms with Crippen LogP contribution in [0.1, 0.15) is 6.42 Å². The lowest BCUT2D eigenvalue weighted by atomic mass is 10.0. The molecule has 3 atom stereocenters. The fourth-order valence-corrected chi connectivity index (χ4v) is 1.14. The van der Waals surface area contributed by atoms with Crippen molar-refractivity contribution < 1.29 is 14.9 Å². The van der Waals surface area contributed by atoms with Gasteiger partial charge in [0.2, 0.25) is 0 Å². The summed E-state index contributed by atoms with van der Waals surface area (Å²) in [5, 5.41) is 21.4. The van der Waals surface area contributed by atoms with E-state index in [1.807, 2.05) is 0 Å². The molecule has 0 aromatic carbocycles. The van der Waals surface area contributed by atoms with Crippen LogP contribution in [0.25, 0.3) is 10.4 Å². The van der Waals surface area contributed by atoms with Gasteiger partial charge in [0.1, 0.15) is 0 Å². The van der Waals surface area contributed by atoms with Crippen LogP contribution in [0.15, 0.2) is 5.11 Å². The maximum atomic E-state index is 9.35. The smallest absolute Gasteiger partial charge is 0.0868 e. The predicted molar refractivity (Wildman–Crippen MR) is 40.4 cm³/mol. The standard InChI is InChI=1S/C6H11N3O3/c7-9-8-5-3-12-4(2-10)1-6(5)11/h4-6,10-11H,1-3H2. The van der Waals surface area contributed by atoms with Crippen LogP contribution in [0.5, 0.6) is 0 Å². The van der Waals surface area contributed by atoms with Crippen molar-refractivity contribution in [2.24, 2.45) is 5.11 Å². The molecule has 0 aromatic heterocycles. The Morgan fingerprint density at radius 1 is 1.67 bits per heavy atom. The van der Waals surface area contributed by atoms with Crippen molar-refractivity contribution in [3.8, 4) is 0 Å². The number of rotatable bonds is 2. The molecule has 3 unspecified atom stereocenters. The third-order valence-corrected chi connectivity index (χ3v) is 1.85. The molecule has 6 nitrogen and oxygen atoms in total. The molecule has 1 aliphatic heterocycles. The Balaban J connectivity index is 2.47. The van der Waals surface area contributed by atoms with Crippen molar-refractivity contribution >= 4 is 0 Å². The van der Waals surface area contributed by atoms with Gasteiger partial charge in [-0.1, -0.05) is 5.11 Å². The first-order valence-electron chi connectivity index (χ1n) is 3.72. The lowest BCUT2D eigenvalue weighted by molar-refractivity contribution is -0.0753. The second-order valence-corrected chi connectivity index (χ2v) is 2.71. The number of hydrogen-bond donors (Lipinski definition) is 2. The van der Waals surface area contributed by atoms with Gasteiger partial charge < -0.3 is 14.9 Å². The monoisotopic (exact) mass is 173 g/mol. The van der Waals surface area contributed by atoms with Crippen molar-refractivity contribution in [2.45, 2.75) is 24.7 Å². The fraction of sp³-hybridized carbons (Fsp3) is 1.00. The molecule has 12 heavy (non-hydrogen) atoms. The van der Waals surface area contributed by atoms with Crippen molar-refractivity contribution in [3.05, 3.63) is 10.4 Å². The van der Waals surface area contributed by atoms with Crippen LogP contribution in [-0.4, -0.2) is 41.7 Å². The van der Waals surface area contributed by atoms with E-state index in [2.05, 4.69) is 10.0 Å². The Morgan fingerprint density at radius 2 is 2.42 bits per heavy atom. The molecule has 2 N–H and O–H groups in total. The molecule has 0 aliphatic carbocycles. The minimum absolute atomic E-state index is 0.111. The zero-order chi connectivity index (χ0) is 8.97. The molecule has 1 fully saturated rings. The molecule has 1 rings (SSSR count). The average Bonchev–Trinajstić information content (AvgIpc) is 2.09. The van der Waals surface area contributed by atoms with Crippen LogP contribution in [0.3, 0.4) is 0 Å². The van der Waals surface area contributed by atoms with Crippen molar-refractivity contribution in [1.82, 2.24) is 0 Å². The number of ether oxygens (including phenoxy) is 1. The van der Waals surface area contributed by atoms with Gasteiger partial charge in [0.25, 0.3) is 0 Å². The van der Waals surface area contributed by atoms with Gasteiger partial charge in [-0.05, 0) is 5.53 Å². The van der Waals surface area contributed by atoms with Gasteiger partial charge >= 0.3 is 0 Å². The first kappa shape index (κ1) is 9.28. The molecular formula is C6H11N3O3. The third kappa shape index (κ3) is 2.09. The van der Waals surface area contributed by atoms with Crippen LogP contribution in [0, 0.1) is 0 Å². The van der Waals surface area contributed by atoms with Gasteiger partial charge in [0, 0.05) is 11.3 Å². The van der Waals surface area contributed by atoms with E-state index in [-0.39, 0.29) is 19.3 Å². The van der Waals surface area contributed by atoms with E-state index in [0.717, 1.165) is 0 Å². The van der Waals surface area contributed by atoms with Crippen molar-refractivity contribution in [1.29, 1.82) is 0 Å². The zero-order valence-corrected chi connectivity index (χ0v) is 6.50. The normalized spacial score (nSPS) is 35.7. The highest BCUT2D eigenvalue weighted by Gasteiger charge is 2.28. The van der Waals surface area contributed by atoms with E-state index >= 15 is 0 Å². The van der Waals surface area contributed by atoms with Crippen LogP contribution in [-0.2, 0) is 4.74 Å². The summed E-state index contributed by atoms with van der Waals surface area (Å²) in [5.41, 5.74) is 8.10. The second-order valence-electron chi connectivity index (χ2n) is 2.71. The Morgan fingerprint density at radius 3 is 2.92 bits per heavy atom. The molecule has 0 bridgehead atoms. The van der Waals surface area contributed by atoms with E-state index < -0.39 is 12.1 Å². The lowest BCUT2D eigenvalue weighted by Crippen LogP contribution is -2.41. The maximum absolute atomic E-state index is 9.35. The molecule has 0 aromatic rings. The largest absolute Gasteiger partial charge is 0.394 e. The minimum atomic E-state index is -0.702. The van der Waals surface area contributed by atoms with Crippen molar-refractivity contribution in [2.75, 3.05) is 13.2 Å². The number of nitrogens with zero attached hydrogens (tertiary/aromatic N) is 3. The number of hydrogen-bond acceptors (Lipinski definition) is 4. The molecule has 1 saturated heterocycles. The van der Waals surface area contributed by atoms with Gasteiger partial charge in [-0.25, -0.2) is 0 Å². The fourth-order valence-electron chi connectivity index (χ4n) is 1.14. The summed E-state index contributed by atoms with van der Waals surface area (Å²) in [7, 11) is 0. The van der Waals surface area contributed by atoms with Gasteiger partial charge in [-0.3, -0.25) is 0 Å². The van der Waals surface area contributed by atoms with E-state index in [9.17, 15) is 5.11 Å². The molecule has 1 aliphatic rings. The topological polar surface area (TPSA) is 98.5 Å². The Labute approximate surface area is 69.4 Å². The Bertz CT molecular complexity index is 192. The quantitative estimate of drug-likeness (QED) is 0.344. The molecule has 0 radical (unpaired) electrons. The highest BCUT2D eigenvalue weighted by atomic mass is 16.5. The number of aliphatic hydroxyl groups is 2. The molecule has 0 saturated carbocycles. The van der Waals surface area contributed by atoms with Crippen molar-refractivity contribution in [3.63, 3.8) is 0 Å². The van der Waals surface area contributed by atoms with Gasteiger partial charge in [0.05, 0.1) is 31.5 Å². The van der Waals surface area contributed by atoms with Crippen LogP contribution >= 0.6 is 0 Å². The summed E-state index contributed by atoms with van der Waals surface area (Å²) in [6.45, 7) is 0.0660. The van der Waals surface area contributed by atoms with Gasteiger partial charge in [0.15, 0.2) is 0 Å². The summed E-state index contributed by atoms with van der Waals surface area (Å²) in [4.78, 5) is 2.58. The maximum Gasteiger partial charge on any atom is 0.0868 e. The lowest BCUT2D eigenvalue weighted by Gasteiger charge is -2.29. The van der Waals surface area contributed by atoms with E-state index in [1.54, 1.807) is 0 Å². The molecular weight excluding hydrogens is 162 g/mol. The highest BCUT2D eigenvalue weighted by molar-refractivity contribution is 4.83. The molecule has 1 heterocycles. The third-order valence-electron chi connectivity index (χ3n) is 1.85. The summed E-state index contributed by atoms with van der Waals surface area (Å²) >= 11 is 0. The Kier molecular flexibility index (Phi) is 3.31. The minimum Gasteiger partial charge on any atom is -0.394 e. The molecule has 6 heteroatoms. The molecule has 0 spiro atoms. The van der Waals surface area contributed by atoms with Gasteiger partial charge in [-0.2, -0.15) is 0 Å². The predicted octanol–water partition coefficient (Wildman–Crippen LogP) is -0.193. The zero-order valence-electron chi connectivity index (χ0n) is 6.50. The van der Waals surface area contributed by atoms with Crippen LogP contribution in [0.2, 0.25) is 0 Å². The SMILES string of the molecule is [N-]=[N+]=NC1COC(CO)CC1O. The second kappa shape index (κ2) is 4.27. The first-order chi connectivity index (χ1) is 5.77. The summed E-state index contributed by atoms with van der Waals surface area (Å²) in [5.74, 6) is 0. The van der Waals surface area contributed by atoms with E-state index in [0.29, 0.717) is 6.42 Å². The molecule has 0 amide bonds. The van der Waals surface area contributed by atoms with E-state index in [4.69, 9.17) is 15.4 Å². The summed E-state index contributed by atoms with van der Waals surface area (Å²) in [6, 6.07) is -0.516. The Hall–Kier alpha value is -0.810. The summed E-state index contributed by atoms with van der Waals surface area (Å²) in [6.07, 6.45) is -0.711. The molecule has 68 valence electrons. The highest BCUT2D eigenvalue weighted by Crippen LogP contribution is 2.16. The van der Waals surface area contributed by atoms with Gasteiger partial charge in [-0.15, -0.1) is 0 Å². The number of aliphatic hydroxyl groups excluding tert-OH is 2. The number of azide groups is 1. The van der Waals surface area contributed by atoms with E-state index in [1.165, 1.54) is 0 Å². The summed E-state index contributed by atoms with van der Waals surface area (Å²) < 4.78 is 5.09. The average molecular weight is 173 g/mol.